The normalized spacial score (nSPS) is 21.5. The highest BCUT2D eigenvalue weighted by Gasteiger charge is 2.10. The summed E-state index contributed by atoms with van der Waals surface area (Å²) in [5.41, 5.74) is 0. The summed E-state index contributed by atoms with van der Waals surface area (Å²) in [6.07, 6.45) is 2.34. The molecule has 0 aliphatic carbocycles. The Morgan fingerprint density at radius 3 is 3.15 bits per heavy atom. The van der Waals surface area contributed by atoms with Crippen molar-refractivity contribution in [2.75, 3.05) is 18.1 Å². The molecule has 1 aliphatic heterocycles. The number of rotatable bonds is 1. The summed E-state index contributed by atoms with van der Waals surface area (Å²) in [5.74, 6) is 7.79. The summed E-state index contributed by atoms with van der Waals surface area (Å²) in [7, 11) is 0. The number of esters is 1. The van der Waals surface area contributed by atoms with E-state index in [-0.39, 0.29) is 0 Å². The number of carbonyl (C=O) groups is 1. The van der Waals surface area contributed by atoms with Crippen LogP contribution in [-0.2, 0) is 9.53 Å². The van der Waals surface area contributed by atoms with Crippen LogP contribution in [0.15, 0.2) is 0 Å². The highest BCUT2D eigenvalue weighted by Crippen LogP contribution is 2.21. The van der Waals surface area contributed by atoms with Crippen molar-refractivity contribution in [3.05, 3.63) is 0 Å². The molecule has 0 bridgehead atoms. The van der Waals surface area contributed by atoms with E-state index in [0.717, 1.165) is 12.2 Å². The third-order valence-electron chi connectivity index (χ3n) is 1.81. The Morgan fingerprint density at radius 2 is 2.54 bits per heavy atom. The molecule has 72 valence electrons. The molecule has 0 aromatic rings. The van der Waals surface area contributed by atoms with Gasteiger partial charge in [0.15, 0.2) is 0 Å². The fraction of sp³-hybridized carbons (Fsp3) is 0.700. The second-order valence-corrected chi connectivity index (χ2v) is 4.05. The van der Waals surface area contributed by atoms with Gasteiger partial charge in [-0.15, -0.1) is 0 Å². The van der Waals surface area contributed by atoms with E-state index in [4.69, 9.17) is 4.74 Å². The molecule has 1 atom stereocenters. The highest BCUT2D eigenvalue weighted by molar-refractivity contribution is 7.99. The van der Waals surface area contributed by atoms with Crippen LogP contribution in [0.4, 0.5) is 0 Å². The van der Waals surface area contributed by atoms with Crippen molar-refractivity contribution in [3.8, 4) is 11.8 Å². The molecule has 1 fully saturated rings. The standard InChI is InChI=1S/C10H14O2S/c1-2-12-10(11)6-5-9-4-3-7-13-8-9/h9H,2-4,7-8H2,1H3. The molecular weight excluding hydrogens is 184 g/mol. The third-order valence-corrected chi connectivity index (χ3v) is 3.03. The Balaban J connectivity index is 2.31. The fourth-order valence-corrected chi connectivity index (χ4v) is 2.25. The highest BCUT2D eigenvalue weighted by atomic mass is 32.2. The molecule has 1 saturated heterocycles. The average Bonchev–Trinajstić information content (AvgIpc) is 2.17. The summed E-state index contributed by atoms with van der Waals surface area (Å²) in [5, 5.41) is 0. The number of carbonyl (C=O) groups excluding carboxylic acids is 1. The van der Waals surface area contributed by atoms with Gasteiger partial charge in [-0.3, -0.25) is 0 Å². The maximum absolute atomic E-state index is 10.9. The van der Waals surface area contributed by atoms with E-state index < -0.39 is 5.97 Å². The molecule has 0 aromatic heterocycles. The number of thioether (sulfide) groups is 1. The van der Waals surface area contributed by atoms with Crippen molar-refractivity contribution >= 4 is 17.7 Å². The molecule has 0 spiro atoms. The minimum absolute atomic E-state index is 0.391. The lowest BCUT2D eigenvalue weighted by atomic mass is 10.1. The van der Waals surface area contributed by atoms with Crippen LogP contribution in [0.2, 0.25) is 0 Å². The predicted octanol–water partition coefficient (Wildman–Crippen LogP) is 1.70. The second kappa shape index (κ2) is 5.93. The summed E-state index contributed by atoms with van der Waals surface area (Å²) >= 11 is 1.91. The number of hydrogen-bond acceptors (Lipinski definition) is 3. The van der Waals surface area contributed by atoms with Gasteiger partial charge in [0.05, 0.1) is 6.61 Å². The van der Waals surface area contributed by atoms with Crippen LogP contribution in [0.1, 0.15) is 19.8 Å². The molecule has 2 nitrogen and oxygen atoms in total. The number of hydrogen-bond donors (Lipinski definition) is 0. The van der Waals surface area contributed by atoms with Crippen molar-refractivity contribution in [1.29, 1.82) is 0 Å². The lowest BCUT2D eigenvalue weighted by molar-refractivity contribution is -0.136. The Labute approximate surface area is 83.4 Å². The van der Waals surface area contributed by atoms with Gasteiger partial charge in [-0.2, -0.15) is 11.8 Å². The van der Waals surface area contributed by atoms with E-state index in [2.05, 4.69) is 11.8 Å². The van der Waals surface area contributed by atoms with Gasteiger partial charge < -0.3 is 4.74 Å². The van der Waals surface area contributed by atoms with E-state index in [1.165, 1.54) is 12.2 Å². The van der Waals surface area contributed by atoms with E-state index in [1.54, 1.807) is 6.92 Å². The van der Waals surface area contributed by atoms with Gasteiger partial charge in [0.1, 0.15) is 0 Å². The topological polar surface area (TPSA) is 26.3 Å². The quantitative estimate of drug-likeness (QED) is 0.364. The molecule has 0 amide bonds. The van der Waals surface area contributed by atoms with Crippen LogP contribution in [0.25, 0.3) is 0 Å². The van der Waals surface area contributed by atoms with Crippen LogP contribution < -0.4 is 0 Å². The maximum atomic E-state index is 10.9. The molecular formula is C10H14O2S. The third kappa shape index (κ3) is 4.23. The zero-order valence-corrected chi connectivity index (χ0v) is 8.65. The Hall–Kier alpha value is -0.620. The first-order valence-corrected chi connectivity index (χ1v) is 5.74. The number of ether oxygens (including phenoxy) is 1. The molecule has 1 unspecified atom stereocenters. The van der Waals surface area contributed by atoms with Gasteiger partial charge in [-0.05, 0) is 25.5 Å². The first-order chi connectivity index (χ1) is 6.33. The lowest BCUT2D eigenvalue weighted by Gasteiger charge is -2.14. The SMILES string of the molecule is CCOC(=O)C#CC1CCCSC1. The molecule has 1 rings (SSSR count). The molecule has 3 heteroatoms. The zero-order chi connectivity index (χ0) is 9.52. The van der Waals surface area contributed by atoms with Crippen LogP contribution in [-0.4, -0.2) is 24.1 Å². The second-order valence-electron chi connectivity index (χ2n) is 2.90. The summed E-state index contributed by atoms with van der Waals surface area (Å²) in [6.45, 7) is 2.20. The van der Waals surface area contributed by atoms with E-state index in [0.29, 0.717) is 12.5 Å². The smallest absolute Gasteiger partial charge is 0.384 e. The maximum Gasteiger partial charge on any atom is 0.384 e. The van der Waals surface area contributed by atoms with Gasteiger partial charge in [0.25, 0.3) is 0 Å². The lowest BCUT2D eigenvalue weighted by Crippen LogP contribution is -2.09. The summed E-state index contributed by atoms with van der Waals surface area (Å²) < 4.78 is 4.71. The Kier molecular flexibility index (Phi) is 4.77. The van der Waals surface area contributed by atoms with Gasteiger partial charge in [0, 0.05) is 17.6 Å². The molecule has 1 heterocycles. The van der Waals surface area contributed by atoms with Gasteiger partial charge in [0.2, 0.25) is 0 Å². The zero-order valence-electron chi connectivity index (χ0n) is 7.84. The summed E-state index contributed by atoms with van der Waals surface area (Å²) in [4.78, 5) is 10.9. The molecule has 1 aliphatic rings. The fourth-order valence-electron chi connectivity index (χ4n) is 1.18. The first-order valence-electron chi connectivity index (χ1n) is 4.59. The molecule has 13 heavy (non-hydrogen) atoms. The Bertz CT molecular complexity index is 221. The van der Waals surface area contributed by atoms with E-state index in [9.17, 15) is 4.79 Å². The molecule has 0 N–H and O–H groups in total. The first kappa shape index (κ1) is 10.5. The van der Waals surface area contributed by atoms with Crippen molar-refractivity contribution < 1.29 is 9.53 Å². The van der Waals surface area contributed by atoms with Crippen molar-refractivity contribution in [2.45, 2.75) is 19.8 Å². The molecule has 0 saturated carbocycles. The Morgan fingerprint density at radius 1 is 1.69 bits per heavy atom. The summed E-state index contributed by atoms with van der Waals surface area (Å²) in [6, 6.07) is 0. The van der Waals surface area contributed by atoms with Crippen LogP contribution in [0.5, 0.6) is 0 Å². The van der Waals surface area contributed by atoms with Crippen molar-refractivity contribution in [1.82, 2.24) is 0 Å². The minimum atomic E-state index is -0.391. The van der Waals surface area contributed by atoms with Crippen LogP contribution >= 0.6 is 11.8 Å². The van der Waals surface area contributed by atoms with Gasteiger partial charge in [-0.25, -0.2) is 4.79 Å². The van der Waals surface area contributed by atoms with Crippen molar-refractivity contribution in [2.24, 2.45) is 5.92 Å². The van der Waals surface area contributed by atoms with E-state index >= 15 is 0 Å². The van der Waals surface area contributed by atoms with Crippen LogP contribution in [0, 0.1) is 17.8 Å². The largest absolute Gasteiger partial charge is 0.456 e. The predicted molar refractivity (Wildman–Crippen MR) is 54.5 cm³/mol. The van der Waals surface area contributed by atoms with Crippen molar-refractivity contribution in [3.63, 3.8) is 0 Å². The molecule has 0 aromatic carbocycles. The van der Waals surface area contributed by atoms with Gasteiger partial charge >= 0.3 is 5.97 Å². The average molecular weight is 198 g/mol. The monoisotopic (exact) mass is 198 g/mol. The minimum Gasteiger partial charge on any atom is -0.456 e. The molecule has 0 radical (unpaired) electrons. The van der Waals surface area contributed by atoms with E-state index in [1.807, 2.05) is 11.8 Å². The van der Waals surface area contributed by atoms with Gasteiger partial charge in [-0.1, -0.05) is 5.92 Å². The van der Waals surface area contributed by atoms with Crippen LogP contribution in [0.3, 0.4) is 0 Å².